The van der Waals surface area contributed by atoms with E-state index in [0.29, 0.717) is 16.7 Å². The molecule has 1 N–H and O–H groups in total. The summed E-state index contributed by atoms with van der Waals surface area (Å²) in [6.07, 6.45) is 5.84. The van der Waals surface area contributed by atoms with Crippen molar-refractivity contribution in [3.05, 3.63) is 60.2 Å². The number of aromatic nitrogens is 3. The minimum absolute atomic E-state index is 0.389. The van der Waals surface area contributed by atoms with Gasteiger partial charge in [0.05, 0.1) is 7.11 Å². The Morgan fingerprint density at radius 1 is 1.13 bits per heavy atom. The summed E-state index contributed by atoms with van der Waals surface area (Å²) >= 11 is 1.61. The molecule has 2 heterocycles. The topological polar surface area (TPSA) is 69.2 Å². The van der Waals surface area contributed by atoms with E-state index in [9.17, 15) is 0 Å². The normalized spacial score (nSPS) is 14.9. The Kier molecular flexibility index (Phi) is 6.49. The standard InChI is InChI=1S/C23H24N4O2S/c1-3-4-15-30-23-25-22-21(26-27-23)18-7-5-6-8-19(18)24-20(29-22)14-11-16-9-12-17(28-2)13-10-16/h5-14,20,24H,3-4,15H2,1-2H3/b14-11-/t20-/m1/s1. The molecule has 2 aromatic carbocycles. The third-order valence-corrected chi connectivity index (χ3v) is 5.59. The molecule has 0 radical (unpaired) electrons. The van der Waals surface area contributed by atoms with Crippen molar-refractivity contribution in [2.45, 2.75) is 31.1 Å². The Morgan fingerprint density at radius 3 is 2.77 bits per heavy atom. The Labute approximate surface area is 180 Å². The molecule has 4 rings (SSSR count). The summed E-state index contributed by atoms with van der Waals surface area (Å²) in [4.78, 5) is 4.65. The van der Waals surface area contributed by atoms with Crippen LogP contribution in [-0.2, 0) is 0 Å². The Morgan fingerprint density at radius 2 is 1.97 bits per heavy atom. The molecule has 6 nitrogen and oxygen atoms in total. The van der Waals surface area contributed by atoms with Crippen LogP contribution >= 0.6 is 11.8 Å². The lowest BCUT2D eigenvalue weighted by Crippen LogP contribution is -2.23. The quantitative estimate of drug-likeness (QED) is 0.412. The zero-order chi connectivity index (χ0) is 20.8. The molecule has 0 spiro atoms. The van der Waals surface area contributed by atoms with Crippen molar-refractivity contribution in [3.8, 4) is 22.9 Å². The number of hydrogen-bond donors (Lipinski definition) is 1. The van der Waals surface area contributed by atoms with Crippen LogP contribution in [0.4, 0.5) is 5.69 Å². The fourth-order valence-electron chi connectivity index (χ4n) is 3.04. The molecule has 1 atom stereocenters. The molecular weight excluding hydrogens is 396 g/mol. The van der Waals surface area contributed by atoms with Crippen LogP contribution in [0.3, 0.4) is 0 Å². The average Bonchev–Trinajstić information content (AvgIpc) is 2.94. The monoisotopic (exact) mass is 420 g/mol. The van der Waals surface area contributed by atoms with Gasteiger partial charge in [0.1, 0.15) is 5.75 Å². The van der Waals surface area contributed by atoms with Gasteiger partial charge in [-0.25, -0.2) is 0 Å². The molecule has 3 aromatic rings. The maximum absolute atomic E-state index is 6.20. The first-order chi connectivity index (χ1) is 14.8. The predicted octanol–water partition coefficient (Wildman–Crippen LogP) is 5.28. The number of unbranched alkanes of at least 4 members (excludes halogenated alkanes) is 1. The fraction of sp³-hybridized carbons (Fsp3) is 0.261. The van der Waals surface area contributed by atoms with E-state index in [-0.39, 0.29) is 6.23 Å². The zero-order valence-electron chi connectivity index (χ0n) is 17.0. The van der Waals surface area contributed by atoms with Crippen LogP contribution in [0.15, 0.2) is 59.8 Å². The number of nitrogens with zero attached hydrogens (tertiary/aromatic N) is 3. The molecule has 0 amide bonds. The van der Waals surface area contributed by atoms with Gasteiger partial charge in [0.15, 0.2) is 11.9 Å². The van der Waals surface area contributed by atoms with E-state index in [0.717, 1.165) is 41.2 Å². The van der Waals surface area contributed by atoms with E-state index in [2.05, 4.69) is 27.4 Å². The summed E-state index contributed by atoms with van der Waals surface area (Å²) < 4.78 is 11.4. The molecular formula is C23H24N4O2S. The molecule has 0 saturated carbocycles. The van der Waals surface area contributed by atoms with E-state index < -0.39 is 0 Å². The highest BCUT2D eigenvalue weighted by atomic mass is 32.2. The smallest absolute Gasteiger partial charge is 0.247 e. The predicted molar refractivity (Wildman–Crippen MR) is 121 cm³/mol. The van der Waals surface area contributed by atoms with Gasteiger partial charge in [0, 0.05) is 17.0 Å². The summed E-state index contributed by atoms with van der Waals surface area (Å²) in [5, 5.41) is 12.8. The van der Waals surface area contributed by atoms with Gasteiger partial charge in [-0.15, -0.1) is 10.2 Å². The highest BCUT2D eigenvalue weighted by molar-refractivity contribution is 7.99. The zero-order valence-corrected chi connectivity index (χ0v) is 17.9. The van der Waals surface area contributed by atoms with E-state index in [4.69, 9.17) is 9.47 Å². The number of fused-ring (bicyclic) bond motifs is 3. The fourth-order valence-corrected chi connectivity index (χ4v) is 3.90. The number of hydrogen-bond acceptors (Lipinski definition) is 7. The number of para-hydroxylation sites is 1. The molecule has 154 valence electrons. The summed E-state index contributed by atoms with van der Waals surface area (Å²) in [6.45, 7) is 2.17. The van der Waals surface area contributed by atoms with E-state index in [1.165, 1.54) is 0 Å². The van der Waals surface area contributed by atoms with Crippen LogP contribution in [0.25, 0.3) is 17.3 Å². The number of thioether (sulfide) groups is 1. The molecule has 0 bridgehead atoms. The Hall–Kier alpha value is -3.06. The lowest BCUT2D eigenvalue weighted by molar-refractivity contribution is 0.266. The molecule has 1 aromatic heterocycles. The number of ether oxygens (including phenoxy) is 2. The largest absolute Gasteiger partial charge is 0.497 e. The molecule has 1 aliphatic rings. The molecule has 0 fully saturated rings. The lowest BCUT2D eigenvalue weighted by atomic mass is 10.1. The van der Waals surface area contributed by atoms with Crippen molar-refractivity contribution in [3.63, 3.8) is 0 Å². The highest BCUT2D eigenvalue weighted by Gasteiger charge is 2.23. The molecule has 0 saturated heterocycles. The van der Waals surface area contributed by atoms with Crippen LogP contribution in [0.1, 0.15) is 25.3 Å². The number of anilines is 1. The van der Waals surface area contributed by atoms with Crippen molar-refractivity contribution in [1.82, 2.24) is 15.2 Å². The van der Waals surface area contributed by atoms with Crippen LogP contribution < -0.4 is 14.8 Å². The van der Waals surface area contributed by atoms with Gasteiger partial charge in [-0.2, -0.15) is 4.98 Å². The molecule has 1 aliphatic heterocycles. The van der Waals surface area contributed by atoms with Gasteiger partial charge in [0.2, 0.25) is 11.0 Å². The first-order valence-corrected chi connectivity index (χ1v) is 11.0. The van der Waals surface area contributed by atoms with Gasteiger partial charge in [-0.1, -0.05) is 61.5 Å². The first-order valence-electron chi connectivity index (χ1n) is 9.99. The maximum Gasteiger partial charge on any atom is 0.247 e. The van der Waals surface area contributed by atoms with Crippen molar-refractivity contribution in [1.29, 1.82) is 0 Å². The van der Waals surface area contributed by atoms with Gasteiger partial charge in [0.25, 0.3) is 0 Å². The van der Waals surface area contributed by atoms with Crippen LogP contribution in [-0.4, -0.2) is 34.3 Å². The third-order valence-electron chi connectivity index (χ3n) is 4.66. The van der Waals surface area contributed by atoms with E-state index >= 15 is 0 Å². The molecule has 0 unspecified atom stereocenters. The van der Waals surface area contributed by atoms with Gasteiger partial charge in [-0.3, -0.25) is 0 Å². The molecule has 0 aliphatic carbocycles. The second kappa shape index (κ2) is 9.63. The Bertz CT molecular complexity index is 1020. The van der Waals surface area contributed by atoms with E-state index in [1.807, 2.05) is 60.7 Å². The Balaban J connectivity index is 1.61. The summed E-state index contributed by atoms with van der Waals surface area (Å²) in [5.74, 6) is 2.28. The number of rotatable bonds is 7. The van der Waals surface area contributed by atoms with Crippen LogP contribution in [0.5, 0.6) is 11.6 Å². The van der Waals surface area contributed by atoms with Crippen molar-refractivity contribution < 1.29 is 9.47 Å². The second-order valence-electron chi connectivity index (χ2n) is 6.81. The van der Waals surface area contributed by atoms with Crippen LogP contribution in [0, 0.1) is 0 Å². The van der Waals surface area contributed by atoms with Crippen molar-refractivity contribution in [2.75, 3.05) is 18.2 Å². The summed E-state index contributed by atoms with van der Waals surface area (Å²) in [5.41, 5.74) is 3.56. The summed E-state index contributed by atoms with van der Waals surface area (Å²) in [6, 6.07) is 15.8. The number of methoxy groups -OCH3 is 1. The van der Waals surface area contributed by atoms with Crippen LogP contribution in [0.2, 0.25) is 0 Å². The minimum Gasteiger partial charge on any atom is -0.497 e. The van der Waals surface area contributed by atoms with Gasteiger partial charge >= 0.3 is 0 Å². The number of nitrogens with one attached hydrogen (secondary N) is 1. The summed E-state index contributed by atoms with van der Waals surface area (Å²) in [7, 11) is 1.66. The van der Waals surface area contributed by atoms with Crippen molar-refractivity contribution >= 4 is 23.5 Å². The van der Waals surface area contributed by atoms with E-state index in [1.54, 1.807) is 18.9 Å². The third kappa shape index (κ3) is 4.74. The molecule has 7 heteroatoms. The first kappa shape index (κ1) is 20.2. The number of benzene rings is 2. The SMILES string of the molecule is CCCCSc1nnc2c(n1)O[C@H](/C=C\c1ccc(OC)cc1)Nc1ccccc1-2. The maximum atomic E-state index is 6.20. The minimum atomic E-state index is -0.389. The second-order valence-corrected chi connectivity index (χ2v) is 7.87. The molecule has 30 heavy (non-hydrogen) atoms. The lowest BCUT2D eigenvalue weighted by Gasteiger charge is -2.15. The van der Waals surface area contributed by atoms with Crippen molar-refractivity contribution in [2.24, 2.45) is 0 Å². The highest BCUT2D eigenvalue weighted by Crippen LogP contribution is 2.36. The van der Waals surface area contributed by atoms with Gasteiger partial charge in [-0.05, 0) is 36.3 Å². The average molecular weight is 421 g/mol. The van der Waals surface area contributed by atoms with Gasteiger partial charge < -0.3 is 14.8 Å².